The maximum Gasteiger partial charge on any atom is 0.0573 e. The molecular formula is C17H14BrCl. The van der Waals surface area contributed by atoms with Crippen LogP contribution in [0.4, 0.5) is 0 Å². The van der Waals surface area contributed by atoms with Crippen molar-refractivity contribution < 1.29 is 0 Å². The van der Waals surface area contributed by atoms with E-state index in [1.807, 2.05) is 18.2 Å². The van der Waals surface area contributed by atoms with Gasteiger partial charge in [0.25, 0.3) is 0 Å². The molecule has 0 saturated heterocycles. The summed E-state index contributed by atoms with van der Waals surface area (Å²) in [5.74, 6) is 6.25. The second-order valence-electron chi connectivity index (χ2n) is 4.32. The molecule has 0 amide bonds. The summed E-state index contributed by atoms with van der Waals surface area (Å²) in [6.07, 6.45) is 2.28. The molecular weight excluding hydrogens is 320 g/mol. The minimum Gasteiger partial charge on any atom is -0.0829 e. The van der Waals surface area contributed by atoms with E-state index < -0.39 is 0 Å². The lowest BCUT2D eigenvalue weighted by Gasteiger charge is -1.98. The molecule has 0 aliphatic carbocycles. The van der Waals surface area contributed by atoms with Crippen molar-refractivity contribution in [2.24, 2.45) is 0 Å². The number of halogens is 2. The van der Waals surface area contributed by atoms with E-state index >= 15 is 0 Å². The van der Waals surface area contributed by atoms with Gasteiger partial charge in [0, 0.05) is 15.6 Å². The average molecular weight is 334 g/mol. The lowest BCUT2D eigenvalue weighted by molar-refractivity contribution is 0.922. The Bertz CT molecular complexity index is 618. The van der Waals surface area contributed by atoms with Crippen LogP contribution >= 0.6 is 27.5 Å². The lowest BCUT2D eigenvalue weighted by atomic mass is 10.1. The molecule has 96 valence electrons. The van der Waals surface area contributed by atoms with E-state index in [4.69, 9.17) is 11.6 Å². The van der Waals surface area contributed by atoms with Crippen LogP contribution in [0, 0.1) is 11.8 Å². The second-order valence-corrected chi connectivity index (χ2v) is 5.64. The first kappa shape index (κ1) is 14.2. The monoisotopic (exact) mass is 332 g/mol. The van der Waals surface area contributed by atoms with Gasteiger partial charge >= 0.3 is 0 Å². The molecule has 0 aliphatic rings. The van der Waals surface area contributed by atoms with Gasteiger partial charge in [-0.25, -0.2) is 0 Å². The van der Waals surface area contributed by atoms with Gasteiger partial charge in [0.15, 0.2) is 0 Å². The second kappa shape index (κ2) is 6.80. The van der Waals surface area contributed by atoms with E-state index in [1.54, 1.807) is 0 Å². The minimum atomic E-state index is 0.671. The van der Waals surface area contributed by atoms with E-state index in [0.717, 1.165) is 22.0 Å². The van der Waals surface area contributed by atoms with Crippen molar-refractivity contribution in [1.82, 2.24) is 0 Å². The quantitative estimate of drug-likeness (QED) is 0.641. The topological polar surface area (TPSA) is 0 Å². The molecule has 0 radical (unpaired) electrons. The maximum atomic E-state index is 6.13. The lowest BCUT2D eigenvalue weighted by Crippen LogP contribution is -1.83. The molecule has 19 heavy (non-hydrogen) atoms. The van der Waals surface area contributed by atoms with Gasteiger partial charge < -0.3 is 0 Å². The normalized spacial score (nSPS) is 9.84. The van der Waals surface area contributed by atoms with Crippen molar-refractivity contribution >= 4 is 27.5 Å². The van der Waals surface area contributed by atoms with Gasteiger partial charge in [-0.1, -0.05) is 64.8 Å². The van der Waals surface area contributed by atoms with Crippen LogP contribution in [0.2, 0.25) is 5.02 Å². The summed E-state index contributed by atoms with van der Waals surface area (Å²) < 4.78 is 0.965. The van der Waals surface area contributed by atoms with E-state index in [-0.39, 0.29) is 0 Å². The smallest absolute Gasteiger partial charge is 0.0573 e. The minimum absolute atomic E-state index is 0.671. The predicted molar refractivity (Wildman–Crippen MR) is 85.6 cm³/mol. The van der Waals surface area contributed by atoms with Crippen LogP contribution in [0.3, 0.4) is 0 Å². The van der Waals surface area contributed by atoms with Crippen LogP contribution in [-0.4, -0.2) is 0 Å². The summed E-state index contributed by atoms with van der Waals surface area (Å²) in [6, 6.07) is 14.1. The van der Waals surface area contributed by atoms with Gasteiger partial charge in [0.05, 0.1) is 5.02 Å². The first-order valence-electron chi connectivity index (χ1n) is 6.25. The van der Waals surface area contributed by atoms with Crippen molar-refractivity contribution in [2.75, 3.05) is 0 Å². The third kappa shape index (κ3) is 4.13. The molecule has 0 atom stereocenters. The van der Waals surface area contributed by atoms with Crippen molar-refractivity contribution in [2.45, 2.75) is 19.8 Å². The molecule has 2 aromatic carbocycles. The van der Waals surface area contributed by atoms with Crippen LogP contribution < -0.4 is 0 Å². The predicted octanol–water partition coefficient (Wildman–Crippen LogP) is 5.45. The highest BCUT2D eigenvalue weighted by atomic mass is 79.9. The Morgan fingerprint density at radius 3 is 2.42 bits per heavy atom. The van der Waals surface area contributed by atoms with Crippen molar-refractivity contribution in [1.29, 1.82) is 0 Å². The third-order valence-corrected chi connectivity index (χ3v) is 3.57. The fourth-order valence-corrected chi connectivity index (χ4v) is 2.49. The molecule has 0 fully saturated rings. The zero-order valence-electron chi connectivity index (χ0n) is 10.7. The first-order valence-corrected chi connectivity index (χ1v) is 7.42. The number of hydrogen-bond donors (Lipinski definition) is 0. The van der Waals surface area contributed by atoms with E-state index in [9.17, 15) is 0 Å². The summed E-state index contributed by atoms with van der Waals surface area (Å²) in [5, 5.41) is 0.671. The van der Waals surface area contributed by atoms with Gasteiger partial charge in [0.2, 0.25) is 0 Å². The fraction of sp³-hybridized carbons (Fsp3) is 0.176. The molecule has 0 spiro atoms. The Morgan fingerprint density at radius 1 is 1.05 bits per heavy atom. The number of benzene rings is 2. The molecule has 2 aromatic rings. The summed E-state index contributed by atoms with van der Waals surface area (Å²) in [6.45, 7) is 2.18. The zero-order valence-corrected chi connectivity index (χ0v) is 13.1. The third-order valence-electron chi connectivity index (χ3n) is 2.77. The molecule has 0 aromatic heterocycles. The van der Waals surface area contributed by atoms with Gasteiger partial charge in [0.1, 0.15) is 0 Å². The number of rotatable bonds is 2. The summed E-state index contributed by atoms with van der Waals surface area (Å²) in [5.41, 5.74) is 3.22. The van der Waals surface area contributed by atoms with Crippen LogP contribution in [0.1, 0.15) is 30.0 Å². The Labute approximate surface area is 127 Å². The first-order chi connectivity index (χ1) is 9.19. The zero-order chi connectivity index (χ0) is 13.7. The van der Waals surface area contributed by atoms with Crippen LogP contribution in [0.15, 0.2) is 46.9 Å². The fourth-order valence-electron chi connectivity index (χ4n) is 1.77. The van der Waals surface area contributed by atoms with Crippen molar-refractivity contribution in [3.8, 4) is 11.8 Å². The molecule has 0 saturated carbocycles. The summed E-state index contributed by atoms with van der Waals surface area (Å²) >= 11 is 9.51. The maximum absolute atomic E-state index is 6.13. The van der Waals surface area contributed by atoms with Crippen molar-refractivity contribution in [3.05, 3.63) is 68.7 Å². The highest BCUT2D eigenvalue weighted by Crippen LogP contribution is 2.20. The van der Waals surface area contributed by atoms with Crippen molar-refractivity contribution in [3.63, 3.8) is 0 Å². The Morgan fingerprint density at radius 2 is 1.79 bits per heavy atom. The standard InChI is InChI=1S/C17H14BrCl/c1-2-3-13-4-6-14(7-5-13)8-9-15-10-11-16(18)12-17(15)19/h4-7,10-12H,2-3H2,1H3. The Balaban J connectivity index is 2.19. The highest BCUT2D eigenvalue weighted by molar-refractivity contribution is 9.10. The summed E-state index contributed by atoms with van der Waals surface area (Å²) in [4.78, 5) is 0. The SMILES string of the molecule is CCCc1ccc(C#Cc2ccc(Br)cc2Cl)cc1. The molecule has 0 bridgehead atoms. The molecule has 0 unspecified atom stereocenters. The van der Waals surface area contributed by atoms with Crippen LogP contribution in [-0.2, 0) is 6.42 Å². The van der Waals surface area contributed by atoms with Crippen LogP contribution in [0.5, 0.6) is 0 Å². The van der Waals surface area contributed by atoms with Gasteiger partial charge in [-0.3, -0.25) is 0 Å². The molecule has 0 heterocycles. The number of aryl methyl sites for hydroxylation is 1. The van der Waals surface area contributed by atoms with E-state index in [0.29, 0.717) is 5.02 Å². The molecule has 0 aliphatic heterocycles. The average Bonchev–Trinajstić information content (AvgIpc) is 2.40. The largest absolute Gasteiger partial charge is 0.0829 e. The summed E-state index contributed by atoms with van der Waals surface area (Å²) in [7, 11) is 0. The molecule has 2 heteroatoms. The van der Waals surface area contributed by atoms with Gasteiger partial charge in [-0.05, 0) is 42.3 Å². The van der Waals surface area contributed by atoms with E-state index in [1.165, 1.54) is 12.0 Å². The Hall–Kier alpha value is -1.23. The molecule has 2 rings (SSSR count). The van der Waals surface area contributed by atoms with Gasteiger partial charge in [-0.2, -0.15) is 0 Å². The van der Waals surface area contributed by atoms with E-state index in [2.05, 4.69) is 59.0 Å². The molecule has 0 nitrogen and oxygen atoms in total. The Kier molecular flexibility index (Phi) is 5.07. The van der Waals surface area contributed by atoms with Gasteiger partial charge in [-0.15, -0.1) is 0 Å². The number of hydrogen-bond acceptors (Lipinski definition) is 0. The molecule has 0 N–H and O–H groups in total. The van der Waals surface area contributed by atoms with Crippen LogP contribution in [0.25, 0.3) is 0 Å². The highest BCUT2D eigenvalue weighted by Gasteiger charge is 1.97.